The lowest BCUT2D eigenvalue weighted by molar-refractivity contribution is 0.464. The molecule has 2 aromatic carbocycles. The van der Waals surface area contributed by atoms with Crippen molar-refractivity contribution in [2.75, 3.05) is 0 Å². The molecule has 2 aromatic rings. The van der Waals surface area contributed by atoms with E-state index in [1.165, 1.54) is 0 Å². The van der Waals surface area contributed by atoms with Gasteiger partial charge in [-0.05, 0) is 23.8 Å². The summed E-state index contributed by atoms with van der Waals surface area (Å²) in [7, 11) is 0. The second-order valence-corrected chi connectivity index (χ2v) is 4.04. The van der Waals surface area contributed by atoms with Crippen LogP contribution in [0.2, 0.25) is 0 Å². The summed E-state index contributed by atoms with van der Waals surface area (Å²) in [6.07, 6.45) is 0. The van der Waals surface area contributed by atoms with E-state index in [1.54, 1.807) is 24.3 Å². The van der Waals surface area contributed by atoms with Crippen LogP contribution in [0.4, 0.5) is 0 Å². The highest BCUT2D eigenvalue weighted by atomic mass is 16.3. The number of rotatable bonds is 4. The van der Waals surface area contributed by atoms with Crippen molar-refractivity contribution >= 4 is 0 Å². The molecule has 0 spiro atoms. The van der Waals surface area contributed by atoms with Gasteiger partial charge in [0.05, 0.1) is 11.6 Å². The molecule has 0 aliphatic carbocycles. The standard InChI is InChI=1S/C15H14N2O/c16-9-12-5-7-13(8-6-12)10-17-11-14-3-1-2-4-15(14)18/h1-8,17-18H,10-11H2. The van der Waals surface area contributed by atoms with Crippen LogP contribution in [-0.2, 0) is 13.1 Å². The number of benzene rings is 2. The molecule has 0 fully saturated rings. The summed E-state index contributed by atoms with van der Waals surface area (Å²) >= 11 is 0. The smallest absolute Gasteiger partial charge is 0.120 e. The quantitative estimate of drug-likeness (QED) is 0.860. The van der Waals surface area contributed by atoms with Crippen LogP contribution in [-0.4, -0.2) is 5.11 Å². The lowest BCUT2D eigenvalue weighted by Gasteiger charge is -2.06. The molecule has 0 saturated carbocycles. The van der Waals surface area contributed by atoms with E-state index >= 15 is 0 Å². The van der Waals surface area contributed by atoms with Crippen molar-refractivity contribution in [2.24, 2.45) is 0 Å². The topological polar surface area (TPSA) is 56.0 Å². The van der Waals surface area contributed by atoms with Crippen LogP contribution in [0.1, 0.15) is 16.7 Å². The molecule has 0 saturated heterocycles. The van der Waals surface area contributed by atoms with Gasteiger partial charge in [0.2, 0.25) is 0 Å². The van der Waals surface area contributed by atoms with Crippen molar-refractivity contribution in [2.45, 2.75) is 13.1 Å². The first-order valence-corrected chi connectivity index (χ1v) is 5.76. The second-order valence-electron chi connectivity index (χ2n) is 4.04. The molecule has 0 aliphatic rings. The van der Waals surface area contributed by atoms with Gasteiger partial charge in [-0.15, -0.1) is 0 Å². The Morgan fingerprint density at radius 1 is 1.00 bits per heavy atom. The highest BCUT2D eigenvalue weighted by Gasteiger charge is 1.99. The summed E-state index contributed by atoms with van der Waals surface area (Å²) < 4.78 is 0. The SMILES string of the molecule is N#Cc1ccc(CNCc2ccccc2O)cc1. The second kappa shape index (κ2) is 5.85. The highest BCUT2D eigenvalue weighted by Crippen LogP contribution is 2.15. The van der Waals surface area contributed by atoms with Crippen LogP contribution < -0.4 is 5.32 Å². The van der Waals surface area contributed by atoms with Gasteiger partial charge in [-0.2, -0.15) is 5.26 Å². The van der Waals surface area contributed by atoms with Crippen LogP contribution in [0.15, 0.2) is 48.5 Å². The highest BCUT2D eigenvalue weighted by molar-refractivity contribution is 5.33. The zero-order valence-corrected chi connectivity index (χ0v) is 9.93. The molecule has 0 atom stereocenters. The molecule has 0 amide bonds. The van der Waals surface area contributed by atoms with Gasteiger partial charge >= 0.3 is 0 Å². The van der Waals surface area contributed by atoms with E-state index < -0.39 is 0 Å². The Morgan fingerprint density at radius 2 is 1.72 bits per heavy atom. The number of hydrogen-bond donors (Lipinski definition) is 2. The van der Waals surface area contributed by atoms with E-state index in [4.69, 9.17) is 5.26 Å². The lowest BCUT2D eigenvalue weighted by Crippen LogP contribution is -2.12. The van der Waals surface area contributed by atoms with E-state index in [-0.39, 0.29) is 0 Å². The molecule has 0 aliphatic heterocycles. The van der Waals surface area contributed by atoms with Gasteiger partial charge in [-0.3, -0.25) is 0 Å². The van der Waals surface area contributed by atoms with E-state index in [0.717, 1.165) is 11.1 Å². The van der Waals surface area contributed by atoms with Gasteiger partial charge < -0.3 is 10.4 Å². The van der Waals surface area contributed by atoms with Crippen LogP contribution in [0.25, 0.3) is 0 Å². The molecule has 18 heavy (non-hydrogen) atoms. The maximum atomic E-state index is 9.60. The molecule has 0 heterocycles. The third-order valence-corrected chi connectivity index (χ3v) is 2.72. The summed E-state index contributed by atoms with van der Waals surface area (Å²) in [4.78, 5) is 0. The number of aromatic hydroxyl groups is 1. The van der Waals surface area contributed by atoms with Crippen molar-refractivity contribution in [3.05, 3.63) is 65.2 Å². The average Bonchev–Trinajstić information content (AvgIpc) is 2.42. The van der Waals surface area contributed by atoms with Crippen molar-refractivity contribution in [3.63, 3.8) is 0 Å². The number of hydrogen-bond acceptors (Lipinski definition) is 3. The fraction of sp³-hybridized carbons (Fsp3) is 0.133. The van der Waals surface area contributed by atoms with Crippen LogP contribution >= 0.6 is 0 Å². The number of nitrogens with one attached hydrogen (secondary N) is 1. The zero-order valence-electron chi connectivity index (χ0n) is 9.93. The first kappa shape index (κ1) is 12.2. The molecule has 3 heteroatoms. The number of nitrogens with zero attached hydrogens (tertiary/aromatic N) is 1. The molecule has 0 radical (unpaired) electrons. The van der Waals surface area contributed by atoms with E-state index in [1.807, 2.05) is 24.3 Å². The normalized spacial score (nSPS) is 9.94. The predicted molar refractivity (Wildman–Crippen MR) is 69.8 cm³/mol. The van der Waals surface area contributed by atoms with E-state index in [0.29, 0.717) is 24.4 Å². The summed E-state index contributed by atoms with van der Waals surface area (Å²) in [5.74, 6) is 0.310. The largest absolute Gasteiger partial charge is 0.508 e. The van der Waals surface area contributed by atoms with Crippen molar-refractivity contribution in [1.29, 1.82) is 5.26 Å². The predicted octanol–water partition coefficient (Wildman–Crippen LogP) is 2.55. The number of nitriles is 1. The van der Waals surface area contributed by atoms with E-state index in [9.17, 15) is 5.11 Å². The Bertz CT molecular complexity index is 555. The monoisotopic (exact) mass is 238 g/mol. The molecule has 3 nitrogen and oxygen atoms in total. The molecule has 0 aromatic heterocycles. The van der Waals surface area contributed by atoms with Gasteiger partial charge in [0.1, 0.15) is 5.75 Å². The van der Waals surface area contributed by atoms with Crippen LogP contribution in [0, 0.1) is 11.3 Å². The minimum absolute atomic E-state index is 0.310. The molecule has 0 bridgehead atoms. The fourth-order valence-corrected chi connectivity index (χ4v) is 1.70. The van der Waals surface area contributed by atoms with E-state index in [2.05, 4.69) is 11.4 Å². The zero-order chi connectivity index (χ0) is 12.8. The van der Waals surface area contributed by atoms with Crippen LogP contribution in [0.5, 0.6) is 5.75 Å². The van der Waals surface area contributed by atoms with Gasteiger partial charge in [0, 0.05) is 18.7 Å². The maximum Gasteiger partial charge on any atom is 0.120 e. The third-order valence-electron chi connectivity index (χ3n) is 2.72. The van der Waals surface area contributed by atoms with Crippen molar-refractivity contribution in [1.82, 2.24) is 5.32 Å². The van der Waals surface area contributed by atoms with Gasteiger partial charge in [0.15, 0.2) is 0 Å². The van der Waals surface area contributed by atoms with Crippen molar-refractivity contribution < 1.29 is 5.11 Å². The molecular formula is C15H14N2O. The van der Waals surface area contributed by atoms with Crippen LogP contribution in [0.3, 0.4) is 0 Å². The maximum absolute atomic E-state index is 9.60. The van der Waals surface area contributed by atoms with Crippen molar-refractivity contribution in [3.8, 4) is 11.8 Å². The Labute approximate surface area is 106 Å². The first-order chi connectivity index (χ1) is 8.79. The summed E-state index contributed by atoms with van der Waals surface area (Å²) in [5, 5.41) is 21.5. The van der Waals surface area contributed by atoms with Gasteiger partial charge in [-0.1, -0.05) is 30.3 Å². The molecule has 0 unspecified atom stereocenters. The molecule has 2 N–H and O–H groups in total. The first-order valence-electron chi connectivity index (χ1n) is 5.76. The number of phenols is 1. The van der Waals surface area contributed by atoms with Gasteiger partial charge in [0.25, 0.3) is 0 Å². The number of phenolic OH excluding ortho intramolecular Hbond substituents is 1. The Morgan fingerprint density at radius 3 is 2.39 bits per heavy atom. The average molecular weight is 238 g/mol. The van der Waals surface area contributed by atoms with Gasteiger partial charge in [-0.25, -0.2) is 0 Å². The minimum Gasteiger partial charge on any atom is -0.508 e. The fourth-order valence-electron chi connectivity index (χ4n) is 1.70. The number of para-hydroxylation sites is 1. The summed E-state index contributed by atoms with van der Waals surface area (Å²) in [6.45, 7) is 1.33. The Balaban J connectivity index is 1.89. The molecule has 90 valence electrons. The minimum atomic E-state index is 0.310. The summed E-state index contributed by atoms with van der Waals surface area (Å²) in [5.41, 5.74) is 2.66. The molecular weight excluding hydrogens is 224 g/mol. The molecule has 2 rings (SSSR count). The lowest BCUT2D eigenvalue weighted by atomic mass is 10.1. The Hall–Kier alpha value is -2.31. The summed E-state index contributed by atoms with van der Waals surface area (Å²) in [6, 6.07) is 16.8. The Kier molecular flexibility index (Phi) is 3.95. The third kappa shape index (κ3) is 3.09.